The highest BCUT2D eigenvalue weighted by Crippen LogP contribution is 2.23. The van der Waals surface area contributed by atoms with Crippen molar-refractivity contribution in [1.29, 1.82) is 0 Å². The van der Waals surface area contributed by atoms with E-state index >= 15 is 0 Å². The fourth-order valence-electron chi connectivity index (χ4n) is 1.97. The highest BCUT2D eigenvalue weighted by Gasteiger charge is 2.11. The molecule has 6 heteroatoms. The molecule has 0 spiro atoms. The molecule has 3 rings (SSSR count). The standard InChI is InChI=1S/C14H15N5S/c1-2-3-12-17-14(20-18-12)19-9-8-16-13(19)10-4-6-11(15)7-5-10/h4-9H,2-3,15H2,1H3. The average Bonchev–Trinajstić information content (AvgIpc) is 3.08. The summed E-state index contributed by atoms with van der Waals surface area (Å²) in [7, 11) is 0. The van der Waals surface area contributed by atoms with Gasteiger partial charge in [-0.25, -0.2) is 9.97 Å². The zero-order valence-electron chi connectivity index (χ0n) is 11.2. The third-order valence-electron chi connectivity index (χ3n) is 2.95. The number of rotatable bonds is 4. The number of hydrogen-bond acceptors (Lipinski definition) is 5. The lowest BCUT2D eigenvalue weighted by atomic mass is 10.2. The molecule has 0 amide bonds. The summed E-state index contributed by atoms with van der Waals surface area (Å²) >= 11 is 1.40. The monoisotopic (exact) mass is 285 g/mol. The Morgan fingerprint density at radius 3 is 2.80 bits per heavy atom. The molecule has 2 heterocycles. The van der Waals surface area contributed by atoms with Crippen molar-refractivity contribution in [3.63, 3.8) is 0 Å². The minimum atomic E-state index is 0.744. The zero-order valence-corrected chi connectivity index (χ0v) is 12.0. The van der Waals surface area contributed by atoms with Gasteiger partial charge in [0, 0.05) is 41.6 Å². The first-order chi connectivity index (χ1) is 9.78. The number of hydrogen-bond donors (Lipinski definition) is 1. The minimum Gasteiger partial charge on any atom is -0.399 e. The van der Waals surface area contributed by atoms with Crippen LogP contribution in [0, 0.1) is 0 Å². The van der Waals surface area contributed by atoms with Crippen LogP contribution < -0.4 is 5.73 Å². The molecule has 0 aliphatic carbocycles. The molecule has 1 aromatic carbocycles. The van der Waals surface area contributed by atoms with Crippen molar-refractivity contribution < 1.29 is 0 Å². The summed E-state index contributed by atoms with van der Waals surface area (Å²) in [6.45, 7) is 2.12. The Morgan fingerprint density at radius 1 is 1.25 bits per heavy atom. The van der Waals surface area contributed by atoms with E-state index in [1.54, 1.807) is 6.20 Å². The van der Waals surface area contributed by atoms with Gasteiger partial charge in [0.2, 0.25) is 5.13 Å². The molecule has 0 unspecified atom stereocenters. The van der Waals surface area contributed by atoms with Crippen LogP contribution in [0.25, 0.3) is 16.5 Å². The van der Waals surface area contributed by atoms with E-state index in [9.17, 15) is 0 Å². The highest BCUT2D eigenvalue weighted by molar-refractivity contribution is 7.08. The molecule has 5 nitrogen and oxygen atoms in total. The van der Waals surface area contributed by atoms with Crippen molar-refractivity contribution in [1.82, 2.24) is 18.9 Å². The SMILES string of the molecule is CCCc1nsc(-n2ccnc2-c2ccc(N)cc2)n1. The summed E-state index contributed by atoms with van der Waals surface area (Å²) < 4.78 is 6.33. The van der Waals surface area contributed by atoms with Gasteiger partial charge >= 0.3 is 0 Å². The van der Waals surface area contributed by atoms with Crippen LogP contribution in [0.4, 0.5) is 5.69 Å². The lowest BCUT2D eigenvalue weighted by Crippen LogP contribution is -1.96. The first kappa shape index (κ1) is 12.8. The number of aromatic nitrogens is 4. The lowest BCUT2D eigenvalue weighted by Gasteiger charge is -2.04. The van der Waals surface area contributed by atoms with Crippen LogP contribution in [0.2, 0.25) is 0 Å². The second-order valence-corrected chi connectivity index (χ2v) is 5.22. The highest BCUT2D eigenvalue weighted by atomic mass is 32.1. The summed E-state index contributed by atoms with van der Waals surface area (Å²) in [5, 5.41) is 0.845. The van der Waals surface area contributed by atoms with E-state index < -0.39 is 0 Å². The Morgan fingerprint density at radius 2 is 2.05 bits per heavy atom. The Bertz CT molecular complexity index is 698. The molecule has 0 radical (unpaired) electrons. The van der Waals surface area contributed by atoms with Crippen LogP contribution in [0.3, 0.4) is 0 Å². The van der Waals surface area contributed by atoms with Gasteiger partial charge in [-0.15, -0.1) is 0 Å². The Kier molecular flexibility index (Phi) is 3.47. The smallest absolute Gasteiger partial charge is 0.215 e. The van der Waals surface area contributed by atoms with E-state index in [0.717, 1.165) is 40.9 Å². The maximum Gasteiger partial charge on any atom is 0.215 e. The van der Waals surface area contributed by atoms with Crippen molar-refractivity contribution in [2.75, 3.05) is 5.73 Å². The van der Waals surface area contributed by atoms with Crippen molar-refractivity contribution in [2.45, 2.75) is 19.8 Å². The van der Waals surface area contributed by atoms with Crippen molar-refractivity contribution >= 4 is 17.2 Å². The van der Waals surface area contributed by atoms with Gasteiger partial charge in [-0.05, 0) is 30.7 Å². The van der Waals surface area contributed by atoms with Crippen LogP contribution in [0.5, 0.6) is 0 Å². The molecule has 0 saturated heterocycles. The molecular weight excluding hydrogens is 270 g/mol. The fourth-order valence-corrected chi connectivity index (χ4v) is 2.67. The summed E-state index contributed by atoms with van der Waals surface area (Å²) in [6.07, 6.45) is 5.63. The van der Waals surface area contributed by atoms with Crippen molar-refractivity contribution in [2.24, 2.45) is 0 Å². The molecule has 0 aliphatic rings. The normalized spacial score (nSPS) is 10.8. The second kappa shape index (κ2) is 5.42. The zero-order chi connectivity index (χ0) is 13.9. The molecule has 102 valence electrons. The van der Waals surface area contributed by atoms with Crippen LogP contribution in [0.1, 0.15) is 19.2 Å². The molecule has 2 N–H and O–H groups in total. The molecule has 3 aromatic rings. The van der Waals surface area contributed by atoms with Gasteiger partial charge in [0.05, 0.1) is 0 Å². The van der Waals surface area contributed by atoms with Crippen molar-refractivity contribution in [3.8, 4) is 16.5 Å². The van der Waals surface area contributed by atoms with E-state index in [0.29, 0.717) is 0 Å². The van der Waals surface area contributed by atoms with E-state index in [2.05, 4.69) is 21.3 Å². The van der Waals surface area contributed by atoms with Crippen molar-refractivity contribution in [3.05, 3.63) is 42.5 Å². The van der Waals surface area contributed by atoms with Crippen LogP contribution in [-0.4, -0.2) is 18.9 Å². The molecule has 0 aliphatic heterocycles. The number of imidazole rings is 1. The maximum absolute atomic E-state index is 5.72. The van der Waals surface area contributed by atoms with Gasteiger partial charge in [-0.2, -0.15) is 4.37 Å². The first-order valence-electron chi connectivity index (χ1n) is 6.50. The number of nitrogens with zero attached hydrogens (tertiary/aromatic N) is 4. The van der Waals surface area contributed by atoms with Gasteiger partial charge in [-0.1, -0.05) is 6.92 Å². The number of nitrogen functional groups attached to an aromatic ring is 1. The molecule has 2 aromatic heterocycles. The summed E-state index contributed by atoms with van der Waals surface area (Å²) in [6, 6.07) is 7.66. The average molecular weight is 285 g/mol. The second-order valence-electron chi connectivity index (χ2n) is 4.49. The van der Waals surface area contributed by atoms with Gasteiger partial charge in [0.1, 0.15) is 11.6 Å². The van der Waals surface area contributed by atoms with E-state index in [1.165, 1.54) is 11.5 Å². The van der Waals surface area contributed by atoms with Gasteiger partial charge in [-0.3, -0.25) is 4.57 Å². The predicted octanol–water partition coefficient (Wildman–Crippen LogP) is 2.93. The van der Waals surface area contributed by atoms with Crippen LogP contribution in [-0.2, 0) is 6.42 Å². The number of nitrogens with two attached hydrogens (primary N) is 1. The molecular formula is C14H15N5S. The molecule has 0 fully saturated rings. The Balaban J connectivity index is 1.98. The predicted molar refractivity (Wildman–Crippen MR) is 80.9 cm³/mol. The lowest BCUT2D eigenvalue weighted by molar-refractivity contribution is 0.853. The first-order valence-corrected chi connectivity index (χ1v) is 7.27. The maximum atomic E-state index is 5.72. The van der Waals surface area contributed by atoms with Gasteiger partial charge in [0.25, 0.3) is 0 Å². The Labute approximate surface area is 121 Å². The largest absolute Gasteiger partial charge is 0.399 e. The Hall–Kier alpha value is -2.21. The number of aryl methyl sites for hydroxylation is 1. The molecule has 0 saturated carbocycles. The summed E-state index contributed by atoms with van der Waals surface area (Å²) in [5.41, 5.74) is 7.47. The van der Waals surface area contributed by atoms with E-state index in [-0.39, 0.29) is 0 Å². The van der Waals surface area contributed by atoms with E-state index in [1.807, 2.05) is 35.0 Å². The number of anilines is 1. The summed E-state index contributed by atoms with van der Waals surface area (Å²) in [4.78, 5) is 8.96. The van der Waals surface area contributed by atoms with Gasteiger partial charge < -0.3 is 5.73 Å². The fraction of sp³-hybridized carbons (Fsp3) is 0.214. The molecule has 0 bridgehead atoms. The topological polar surface area (TPSA) is 69.6 Å². The summed E-state index contributed by atoms with van der Waals surface area (Å²) in [5.74, 6) is 1.74. The van der Waals surface area contributed by atoms with Crippen LogP contribution >= 0.6 is 11.5 Å². The quantitative estimate of drug-likeness (QED) is 0.748. The third kappa shape index (κ3) is 2.42. The third-order valence-corrected chi connectivity index (χ3v) is 3.70. The molecule has 20 heavy (non-hydrogen) atoms. The van der Waals surface area contributed by atoms with E-state index in [4.69, 9.17) is 5.73 Å². The molecule has 0 atom stereocenters. The minimum absolute atomic E-state index is 0.744. The number of benzene rings is 1. The van der Waals surface area contributed by atoms with Crippen LogP contribution in [0.15, 0.2) is 36.7 Å². The van der Waals surface area contributed by atoms with Gasteiger partial charge in [0.15, 0.2) is 0 Å².